The fourth-order valence-corrected chi connectivity index (χ4v) is 5.13. The molecule has 2 N–H and O–H groups in total. The summed E-state index contributed by atoms with van der Waals surface area (Å²) in [7, 11) is -4.04. The molecule has 1 aromatic heterocycles. The standard InChI is InChI=1S/C25H32N4O3S/c1-24(2,3)27-22(30)20-17-26-23(33(31,32)28-25(4,5)6)29(20)21(18-13-9-7-10-14-18)19-15-11-8-12-16-19/h7-17,21,28H,1-6H3,(H,27,30). The average Bonchev–Trinajstić information content (AvgIpc) is 3.13. The van der Waals surface area contributed by atoms with E-state index in [4.69, 9.17) is 0 Å². The minimum atomic E-state index is -4.04. The van der Waals surface area contributed by atoms with E-state index >= 15 is 0 Å². The Labute approximate surface area is 196 Å². The Hall–Kier alpha value is -2.97. The van der Waals surface area contributed by atoms with Crippen LogP contribution in [-0.2, 0) is 10.0 Å². The predicted octanol–water partition coefficient (Wildman–Crippen LogP) is 4.13. The van der Waals surface area contributed by atoms with Crippen LogP contribution < -0.4 is 10.0 Å². The van der Waals surface area contributed by atoms with Gasteiger partial charge in [0, 0.05) is 11.1 Å². The van der Waals surface area contributed by atoms with E-state index in [0.717, 1.165) is 11.1 Å². The van der Waals surface area contributed by atoms with Crippen LogP contribution in [0.2, 0.25) is 0 Å². The molecule has 0 saturated carbocycles. The normalized spacial score (nSPS) is 12.7. The lowest BCUT2D eigenvalue weighted by Crippen LogP contribution is -2.43. The molecule has 1 heterocycles. The van der Waals surface area contributed by atoms with Gasteiger partial charge in [0.2, 0.25) is 5.16 Å². The molecule has 8 heteroatoms. The topological polar surface area (TPSA) is 93.1 Å². The van der Waals surface area contributed by atoms with Crippen molar-refractivity contribution in [3.05, 3.63) is 83.7 Å². The zero-order chi connectivity index (χ0) is 24.4. The van der Waals surface area contributed by atoms with Crippen molar-refractivity contribution in [1.29, 1.82) is 0 Å². The number of amides is 1. The van der Waals surface area contributed by atoms with Crippen molar-refractivity contribution >= 4 is 15.9 Å². The Morgan fingerprint density at radius 3 is 1.76 bits per heavy atom. The molecule has 0 saturated heterocycles. The van der Waals surface area contributed by atoms with Crippen LogP contribution in [0.1, 0.15) is 69.2 Å². The Morgan fingerprint density at radius 1 is 0.848 bits per heavy atom. The Bertz CT molecular complexity index is 1170. The molecule has 0 aliphatic carbocycles. The van der Waals surface area contributed by atoms with E-state index in [1.807, 2.05) is 81.4 Å². The van der Waals surface area contributed by atoms with Crippen LogP contribution in [0.15, 0.2) is 72.0 Å². The smallest absolute Gasteiger partial charge is 0.275 e. The zero-order valence-electron chi connectivity index (χ0n) is 20.0. The van der Waals surface area contributed by atoms with E-state index in [9.17, 15) is 13.2 Å². The fraction of sp³-hybridized carbons (Fsp3) is 0.360. The number of carbonyl (C=O) groups excluding carboxylic acids is 1. The molecule has 33 heavy (non-hydrogen) atoms. The van der Waals surface area contributed by atoms with Gasteiger partial charge in [0.1, 0.15) is 5.69 Å². The SMILES string of the molecule is CC(C)(C)NC(=O)c1cnc(S(=O)(=O)NC(C)(C)C)n1C(c1ccccc1)c1ccccc1. The Morgan fingerprint density at radius 2 is 1.33 bits per heavy atom. The van der Waals surface area contributed by atoms with Gasteiger partial charge in [-0.25, -0.2) is 18.1 Å². The molecular formula is C25H32N4O3S. The summed E-state index contributed by atoms with van der Waals surface area (Å²) in [5, 5.41) is 2.72. The second kappa shape index (κ2) is 9.11. The molecule has 0 radical (unpaired) electrons. The molecule has 3 rings (SSSR count). The van der Waals surface area contributed by atoms with Gasteiger partial charge in [0.15, 0.2) is 0 Å². The van der Waals surface area contributed by atoms with E-state index < -0.39 is 33.1 Å². The largest absolute Gasteiger partial charge is 0.346 e. The first kappa shape index (κ1) is 24.7. The van der Waals surface area contributed by atoms with E-state index in [1.165, 1.54) is 10.8 Å². The van der Waals surface area contributed by atoms with E-state index in [1.54, 1.807) is 20.8 Å². The molecule has 0 aliphatic rings. The number of sulfonamides is 1. The molecular weight excluding hydrogens is 436 g/mol. The van der Waals surface area contributed by atoms with Crippen molar-refractivity contribution in [2.45, 2.75) is 63.8 Å². The first-order valence-corrected chi connectivity index (χ1v) is 12.3. The highest BCUT2D eigenvalue weighted by molar-refractivity contribution is 7.89. The van der Waals surface area contributed by atoms with Gasteiger partial charge in [0.25, 0.3) is 15.9 Å². The molecule has 0 atom stereocenters. The maximum atomic E-state index is 13.4. The van der Waals surface area contributed by atoms with Gasteiger partial charge < -0.3 is 5.32 Å². The molecule has 0 unspecified atom stereocenters. The van der Waals surface area contributed by atoms with Crippen LogP contribution in [0.25, 0.3) is 0 Å². The molecule has 7 nitrogen and oxygen atoms in total. The van der Waals surface area contributed by atoms with Crippen LogP contribution in [0.5, 0.6) is 0 Å². The van der Waals surface area contributed by atoms with Gasteiger partial charge in [-0.3, -0.25) is 9.36 Å². The van der Waals surface area contributed by atoms with Crippen molar-refractivity contribution in [1.82, 2.24) is 19.6 Å². The Kier molecular flexibility index (Phi) is 6.81. The van der Waals surface area contributed by atoms with Crippen molar-refractivity contribution in [2.75, 3.05) is 0 Å². The first-order chi connectivity index (χ1) is 15.3. The lowest BCUT2D eigenvalue weighted by Gasteiger charge is -2.27. The third-order valence-corrected chi connectivity index (χ3v) is 6.32. The lowest BCUT2D eigenvalue weighted by molar-refractivity contribution is 0.0908. The van der Waals surface area contributed by atoms with E-state index in [2.05, 4.69) is 15.0 Å². The summed E-state index contributed by atoms with van der Waals surface area (Å²) in [4.78, 5) is 17.5. The number of rotatable bonds is 6. The van der Waals surface area contributed by atoms with Crippen molar-refractivity contribution in [3.8, 4) is 0 Å². The molecule has 3 aromatic rings. The highest BCUT2D eigenvalue weighted by Gasteiger charge is 2.34. The summed E-state index contributed by atoms with van der Waals surface area (Å²) in [6.45, 7) is 10.9. The highest BCUT2D eigenvalue weighted by Crippen LogP contribution is 2.31. The van der Waals surface area contributed by atoms with Crippen molar-refractivity contribution < 1.29 is 13.2 Å². The molecule has 0 fully saturated rings. The third-order valence-electron chi connectivity index (χ3n) is 4.65. The summed E-state index contributed by atoms with van der Waals surface area (Å²) in [5.74, 6) is -0.399. The van der Waals surface area contributed by atoms with Crippen LogP contribution in [-0.4, -0.2) is 35.0 Å². The molecule has 2 aromatic carbocycles. The summed E-state index contributed by atoms with van der Waals surface area (Å²) in [6.07, 6.45) is 1.33. The first-order valence-electron chi connectivity index (χ1n) is 10.8. The van der Waals surface area contributed by atoms with Gasteiger partial charge in [-0.1, -0.05) is 60.7 Å². The number of nitrogens with zero attached hydrogens (tertiary/aromatic N) is 2. The summed E-state index contributed by atoms with van der Waals surface area (Å²) in [6, 6.07) is 18.4. The number of aromatic nitrogens is 2. The monoisotopic (exact) mass is 468 g/mol. The molecule has 0 bridgehead atoms. The number of imidazole rings is 1. The minimum Gasteiger partial charge on any atom is -0.346 e. The van der Waals surface area contributed by atoms with Crippen LogP contribution in [0.3, 0.4) is 0 Å². The number of hydrogen-bond donors (Lipinski definition) is 2. The summed E-state index contributed by atoms with van der Waals surface area (Å²) < 4.78 is 31.0. The third kappa shape index (κ3) is 6.09. The fourth-order valence-electron chi connectivity index (χ4n) is 3.57. The molecule has 176 valence electrons. The van der Waals surface area contributed by atoms with Gasteiger partial charge in [0.05, 0.1) is 12.2 Å². The van der Waals surface area contributed by atoms with Crippen molar-refractivity contribution in [2.24, 2.45) is 0 Å². The lowest BCUT2D eigenvalue weighted by atomic mass is 9.98. The molecule has 0 aliphatic heterocycles. The van der Waals surface area contributed by atoms with Gasteiger partial charge in [-0.15, -0.1) is 0 Å². The quantitative estimate of drug-likeness (QED) is 0.569. The van der Waals surface area contributed by atoms with Crippen molar-refractivity contribution in [3.63, 3.8) is 0 Å². The van der Waals surface area contributed by atoms with Gasteiger partial charge in [-0.05, 0) is 52.7 Å². The number of hydrogen-bond acceptors (Lipinski definition) is 4. The van der Waals surface area contributed by atoms with Gasteiger partial charge in [-0.2, -0.15) is 0 Å². The maximum absolute atomic E-state index is 13.4. The second-order valence-electron chi connectivity index (χ2n) is 10.1. The van der Waals surface area contributed by atoms with Crippen LogP contribution in [0, 0.1) is 0 Å². The number of benzene rings is 2. The highest BCUT2D eigenvalue weighted by atomic mass is 32.2. The van der Waals surface area contributed by atoms with Crippen LogP contribution in [0.4, 0.5) is 0 Å². The van der Waals surface area contributed by atoms with E-state index in [-0.39, 0.29) is 10.9 Å². The second-order valence-corrected chi connectivity index (χ2v) is 11.7. The van der Waals surface area contributed by atoms with Crippen LogP contribution >= 0.6 is 0 Å². The Balaban J connectivity index is 2.31. The molecule has 1 amide bonds. The zero-order valence-corrected chi connectivity index (χ0v) is 20.8. The average molecular weight is 469 g/mol. The summed E-state index contributed by atoms with van der Waals surface area (Å²) in [5.41, 5.74) is 0.594. The predicted molar refractivity (Wildman–Crippen MR) is 130 cm³/mol. The van der Waals surface area contributed by atoms with E-state index in [0.29, 0.717) is 0 Å². The number of carbonyl (C=O) groups is 1. The number of nitrogens with one attached hydrogen (secondary N) is 2. The summed E-state index contributed by atoms with van der Waals surface area (Å²) >= 11 is 0. The maximum Gasteiger partial charge on any atom is 0.275 e. The minimum absolute atomic E-state index is 0.164. The molecule has 0 spiro atoms. The van der Waals surface area contributed by atoms with Gasteiger partial charge >= 0.3 is 0 Å².